The zero-order chi connectivity index (χ0) is 11.4. The highest BCUT2D eigenvalue weighted by Crippen LogP contribution is 2.58. The van der Waals surface area contributed by atoms with Gasteiger partial charge in [0.2, 0.25) is 0 Å². The van der Waals surface area contributed by atoms with Gasteiger partial charge in [-0.1, -0.05) is 24.3 Å². The summed E-state index contributed by atoms with van der Waals surface area (Å²) in [5.74, 6) is 1.95. The summed E-state index contributed by atoms with van der Waals surface area (Å²) in [6, 6.07) is 8.45. The molecule has 4 atom stereocenters. The van der Waals surface area contributed by atoms with Crippen molar-refractivity contribution in [2.45, 2.75) is 31.8 Å². The summed E-state index contributed by atoms with van der Waals surface area (Å²) < 4.78 is 5.46. The molecule has 0 spiro atoms. The van der Waals surface area contributed by atoms with Crippen LogP contribution in [0.3, 0.4) is 0 Å². The molecule has 2 nitrogen and oxygen atoms in total. The van der Waals surface area contributed by atoms with Gasteiger partial charge in [-0.25, -0.2) is 0 Å². The third kappa shape index (κ3) is 1.24. The van der Waals surface area contributed by atoms with Crippen molar-refractivity contribution in [3.63, 3.8) is 0 Å². The summed E-state index contributed by atoms with van der Waals surface area (Å²) in [7, 11) is 0. The van der Waals surface area contributed by atoms with Gasteiger partial charge in [0, 0.05) is 5.92 Å². The molecule has 1 aromatic rings. The van der Waals surface area contributed by atoms with Crippen molar-refractivity contribution < 1.29 is 9.53 Å². The number of fused-ring (bicyclic) bond motifs is 7. The molecule has 0 radical (unpaired) electrons. The van der Waals surface area contributed by atoms with Crippen LogP contribution in [0.1, 0.15) is 36.3 Å². The Morgan fingerprint density at radius 1 is 1.06 bits per heavy atom. The monoisotopic (exact) mass is 228 g/mol. The minimum atomic E-state index is 0.0541. The maximum Gasteiger partial charge on any atom is 0.310 e. The van der Waals surface area contributed by atoms with Crippen LogP contribution in [-0.2, 0) is 16.1 Å². The van der Waals surface area contributed by atoms with Gasteiger partial charge in [0.15, 0.2) is 0 Å². The molecule has 1 aromatic carbocycles. The SMILES string of the molecule is O=C1OCc2ccccc2[C@H]2[C@@H]3CC[C@@H](C3)[C@@H]12. The van der Waals surface area contributed by atoms with E-state index in [1.807, 2.05) is 6.07 Å². The average Bonchev–Trinajstić information content (AvgIpc) is 2.92. The molecule has 17 heavy (non-hydrogen) atoms. The van der Waals surface area contributed by atoms with E-state index in [0.29, 0.717) is 18.4 Å². The standard InChI is InChI=1S/C15H16O2/c16-15-14-10-6-5-9(7-10)13(14)12-4-2-1-3-11(12)8-17-15/h1-4,9-10,13-14H,5-8H2/t9-,10+,13-,14-/m1/s1. The first-order valence-electron chi connectivity index (χ1n) is 6.59. The molecule has 1 heterocycles. The van der Waals surface area contributed by atoms with Crippen LogP contribution in [0.25, 0.3) is 0 Å². The second-order valence-corrected chi connectivity index (χ2v) is 5.69. The lowest BCUT2D eigenvalue weighted by Gasteiger charge is -2.28. The van der Waals surface area contributed by atoms with Crippen molar-refractivity contribution in [3.8, 4) is 0 Å². The molecule has 2 heteroatoms. The highest BCUT2D eigenvalue weighted by Gasteiger charge is 2.53. The Kier molecular flexibility index (Phi) is 1.91. The number of cyclic esters (lactones) is 1. The summed E-state index contributed by atoms with van der Waals surface area (Å²) in [5.41, 5.74) is 2.61. The molecule has 88 valence electrons. The minimum absolute atomic E-state index is 0.0541. The van der Waals surface area contributed by atoms with Gasteiger partial charge in [-0.3, -0.25) is 4.79 Å². The summed E-state index contributed by atoms with van der Waals surface area (Å²) >= 11 is 0. The number of hydrogen-bond acceptors (Lipinski definition) is 2. The second-order valence-electron chi connectivity index (χ2n) is 5.69. The van der Waals surface area contributed by atoms with Crippen molar-refractivity contribution in [2.75, 3.05) is 0 Å². The fourth-order valence-electron chi connectivity index (χ4n) is 4.31. The van der Waals surface area contributed by atoms with Crippen molar-refractivity contribution in [1.82, 2.24) is 0 Å². The number of esters is 1. The number of carbonyl (C=O) groups is 1. The van der Waals surface area contributed by atoms with Gasteiger partial charge in [-0.05, 0) is 42.2 Å². The highest BCUT2D eigenvalue weighted by molar-refractivity contribution is 5.76. The van der Waals surface area contributed by atoms with E-state index in [4.69, 9.17) is 4.74 Å². The van der Waals surface area contributed by atoms with Gasteiger partial charge in [0.25, 0.3) is 0 Å². The normalized spacial score (nSPS) is 38.2. The predicted molar refractivity (Wildman–Crippen MR) is 63.3 cm³/mol. The predicted octanol–water partition coefficient (Wildman–Crippen LogP) is 2.87. The number of hydrogen-bond donors (Lipinski definition) is 0. The van der Waals surface area contributed by atoms with E-state index in [9.17, 15) is 4.79 Å². The molecule has 0 aromatic heterocycles. The largest absolute Gasteiger partial charge is 0.461 e. The van der Waals surface area contributed by atoms with Gasteiger partial charge in [-0.2, -0.15) is 0 Å². The van der Waals surface area contributed by atoms with Gasteiger partial charge in [0.1, 0.15) is 6.61 Å². The highest BCUT2D eigenvalue weighted by atomic mass is 16.5. The quantitative estimate of drug-likeness (QED) is 0.638. The lowest BCUT2D eigenvalue weighted by molar-refractivity contribution is -0.151. The van der Waals surface area contributed by atoms with Crippen LogP contribution < -0.4 is 0 Å². The molecule has 4 rings (SSSR count). The Bertz CT molecular complexity index is 480. The van der Waals surface area contributed by atoms with Crippen LogP contribution >= 0.6 is 0 Å². The van der Waals surface area contributed by atoms with Crippen molar-refractivity contribution in [1.29, 1.82) is 0 Å². The zero-order valence-corrected chi connectivity index (χ0v) is 9.76. The molecule has 3 aliphatic rings. The van der Waals surface area contributed by atoms with E-state index in [1.54, 1.807) is 0 Å². The molecule has 0 N–H and O–H groups in total. The lowest BCUT2D eigenvalue weighted by Crippen LogP contribution is -2.27. The Morgan fingerprint density at radius 2 is 1.82 bits per heavy atom. The lowest BCUT2D eigenvalue weighted by atomic mass is 9.75. The number of ether oxygens (including phenoxy) is 1. The molecule has 1 aliphatic heterocycles. The Hall–Kier alpha value is -1.31. The summed E-state index contributed by atoms with van der Waals surface area (Å²) in [5, 5.41) is 0. The third-order valence-electron chi connectivity index (χ3n) is 4.97. The second kappa shape index (κ2) is 3.34. The first-order chi connectivity index (χ1) is 8.34. The van der Waals surface area contributed by atoms with Gasteiger partial charge in [-0.15, -0.1) is 0 Å². The van der Waals surface area contributed by atoms with Crippen molar-refractivity contribution in [2.24, 2.45) is 17.8 Å². The van der Waals surface area contributed by atoms with Crippen molar-refractivity contribution >= 4 is 5.97 Å². The Morgan fingerprint density at radius 3 is 2.71 bits per heavy atom. The van der Waals surface area contributed by atoms with Gasteiger partial charge < -0.3 is 4.74 Å². The van der Waals surface area contributed by atoms with Crippen LogP contribution in [0, 0.1) is 17.8 Å². The summed E-state index contributed by atoms with van der Waals surface area (Å²) in [6.45, 7) is 0.474. The van der Waals surface area contributed by atoms with Crippen LogP contribution in [0.5, 0.6) is 0 Å². The fourth-order valence-corrected chi connectivity index (χ4v) is 4.31. The molecular formula is C15H16O2. The molecular weight excluding hydrogens is 212 g/mol. The number of benzene rings is 1. The third-order valence-corrected chi connectivity index (χ3v) is 4.97. The van der Waals surface area contributed by atoms with E-state index in [0.717, 1.165) is 5.92 Å². The average molecular weight is 228 g/mol. The van der Waals surface area contributed by atoms with E-state index in [2.05, 4.69) is 18.2 Å². The Labute approximate surface area is 101 Å². The van der Waals surface area contributed by atoms with Crippen LogP contribution in [-0.4, -0.2) is 5.97 Å². The summed E-state index contributed by atoms with van der Waals surface area (Å²) in [4.78, 5) is 12.1. The van der Waals surface area contributed by atoms with Gasteiger partial charge >= 0.3 is 5.97 Å². The molecule has 0 amide bonds. The minimum Gasteiger partial charge on any atom is -0.461 e. The molecule has 2 bridgehead atoms. The molecule has 0 unspecified atom stereocenters. The molecule has 2 aliphatic carbocycles. The van der Waals surface area contributed by atoms with Gasteiger partial charge in [0.05, 0.1) is 5.92 Å². The van der Waals surface area contributed by atoms with E-state index in [-0.39, 0.29) is 11.9 Å². The van der Waals surface area contributed by atoms with E-state index < -0.39 is 0 Å². The topological polar surface area (TPSA) is 26.3 Å². The van der Waals surface area contributed by atoms with Crippen molar-refractivity contribution in [3.05, 3.63) is 35.4 Å². The number of carbonyl (C=O) groups excluding carboxylic acids is 1. The first-order valence-corrected chi connectivity index (χ1v) is 6.59. The molecule has 0 saturated heterocycles. The zero-order valence-electron chi connectivity index (χ0n) is 9.76. The molecule has 2 saturated carbocycles. The fraction of sp³-hybridized carbons (Fsp3) is 0.533. The first kappa shape index (κ1) is 9.69. The summed E-state index contributed by atoms with van der Waals surface area (Å²) in [6.07, 6.45) is 3.76. The molecule has 2 fully saturated rings. The van der Waals surface area contributed by atoms with E-state index >= 15 is 0 Å². The maximum atomic E-state index is 12.1. The Balaban J connectivity index is 1.87. The maximum absolute atomic E-state index is 12.1. The van der Waals surface area contributed by atoms with Crippen LogP contribution in [0.2, 0.25) is 0 Å². The van der Waals surface area contributed by atoms with Crippen LogP contribution in [0.15, 0.2) is 24.3 Å². The smallest absolute Gasteiger partial charge is 0.310 e. The van der Waals surface area contributed by atoms with Crippen LogP contribution in [0.4, 0.5) is 0 Å². The van der Waals surface area contributed by atoms with E-state index in [1.165, 1.54) is 30.4 Å². The number of rotatable bonds is 0.